The molecule has 6 heteroatoms. The summed E-state index contributed by atoms with van der Waals surface area (Å²) < 4.78 is 27.4. The van der Waals surface area contributed by atoms with Gasteiger partial charge in [-0.25, -0.2) is 8.42 Å². The van der Waals surface area contributed by atoms with Crippen LogP contribution in [0.1, 0.15) is 42.2 Å². The number of nitrogens with zero attached hydrogens (tertiary/aromatic N) is 1. The van der Waals surface area contributed by atoms with Gasteiger partial charge < -0.3 is 4.90 Å². The Kier molecular flexibility index (Phi) is 7.18. The predicted molar refractivity (Wildman–Crippen MR) is 115 cm³/mol. The number of allylic oxidation sites excluding steroid dienone is 2. The molecule has 1 unspecified atom stereocenters. The molecule has 0 aromatic heterocycles. The highest BCUT2D eigenvalue weighted by atomic mass is 32.2. The van der Waals surface area contributed by atoms with Crippen LogP contribution in [0.4, 0.5) is 5.69 Å². The number of para-hydroxylation sites is 1. The van der Waals surface area contributed by atoms with Crippen LogP contribution in [0.15, 0.2) is 78.2 Å². The molecule has 0 radical (unpaired) electrons. The molecule has 1 atom stereocenters. The molecule has 0 aliphatic heterocycles. The van der Waals surface area contributed by atoms with Crippen LogP contribution in [0.3, 0.4) is 0 Å². The summed E-state index contributed by atoms with van der Waals surface area (Å²) in [5, 5.41) is 0. The molecule has 1 amide bonds. The van der Waals surface area contributed by atoms with E-state index in [4.69, 9.17) is 0 Å². The minimum absolute atomic E-state index is 0.0682. The third-order valence-electron chi connectivity index (χ3n) is 4.46. The second-order valence-electron chi connectivity index (χ2n) is 6.37. The maximum absolute atomic E-state index is 13.2. The fourth-order valence-corrected chi connectivity index (χ4v) is 3.90. The highest BCUT2D eigenvalue weighted by Gasteiger charge is 2.24. The van der Waals surface area contributed by atoms with Gasteiger partial charge in [0, 0.05) is 7.05 Å². The molecule has 2 aromatic carbocycles. The van der Waals surface area contributed by atoms with Gasteiger partial charge in [0.2, 0.25) is 0 Å². The van der Waals surface area contributed by atoms with Gasteiger partial charge in [0.15, 0.2) is 0 Å². The van der Waals surface area contributed by atoms with Crippen molar-refractivity contribution in [3.63, 3.8) is 0 Å². The first-order valence-electron chi connectivity index (χ1n) is 9.07. The van der Waals surface area contributed by atoms with E-state index in [1.807, 2.05) is 37.3 Å². The van der Waals surface area contributed by atoms with E-state index < -0.39 is 10.0 Å². The summed E-state index contributed by atoms with van der Waals surface area (Å²) in [6.07, 6.45) is 3.73. The van der Waals surface area contributed by atoms with E-state index in [1.165, 1.54) is 6.08 Å². The summed E-state index contributed by atoms with van der Waals surface area (Å²) in [5.41, 5.74) is 1.55. The molecule has 0 fully saturated rings. The van der Waals surface area contributed by atoms with Gasteiger partial charge in [0.1, 0.15) is 0 Å². The average Bonchev–Trinajstić information content (AvgIpc) is 2.69. The fraction of sp³-hybridized carbons (Fsp3) is 0.227. The molecular formula is C22H26N2O3S. The molecule has 2 aromatic rings. The highest BCUT2D eigenvalue weighted by Crippen LogP contribution is 2.27. The third-order valence-corrected chi connectivity index (χ3v) is 5.77. The van der Waals surface area contributed by atoms with E-state index in [2.05, 4.69) is 11.3 Å². The second-order valence-corrected chi connectivity index (χ2v) is 8.10. The van der Waals surface area contributed by atoms with E-state index in [0.717, 1.165) is 12.0 Å². The van der Waals surface area contributed by atoms with Crippen molar-refractivity contribution in [3.8, 4) is 0 Å². The summed E-state index contributed by atoms with van der Waals surface area (Å²) in [4.78, 5) is 14.7. The zero-order valence-electron chi connectivity index (χ0n) is 16.4. The van der Waals surface area contributed by atoms with E-state index in [0.29, 0.717) is 0 Å². The minimum Gasteiger partial charge on any atom is -0.335 e. The molecule has 0 saturated carbocycles. The van der Waals surface area contributed by atoms with Gasteiger partial charge in [-0.15, -0.1) is 0 Å². The van der Waals surface area contributed by atoms with Crippen molar-refractivity contribution in [1.29, 1.82) is 0 Å². The van der Waals surface area contributed by atoms with E-state index in [9.17, 15) is 13.2 Å². The molecule has 0 heterocycles. The van der Waals surface area contributed by atoms with Crippen molar-refractivity contribution < 1.29 is 13.2 Å². The van der Waals surface area contributed by atoms with Crippen molar-refractivity contribution >= 4 is 21.6 Å². The van der Waals surface area contributed by atoms with Crippen LogP contribution < -0.4 is 4.72 Å². The van der Waals surface area contributed by atoms with E-state index in [-0.39, 0.29) is 28.1 Å². The van der Waals surface area contributed by atoms with Crippen LogP contribution >= 0.6 is 0 Å². The first kappa shape index (κ1) is 21.4. The summed E-state index contributed by atoms with van der Waals surface area (Å²) >= 11 is 0. The van der Waals surface area contributed by atoms with Crippen molar-refractivity contribution in [2.24, 2.45) is 0 Å². The summed E-state index contributed by atoms with van der Waals surface area (Å²) in [6.45, 7) is 7.29. The number of nitrogens with one attached hydrogen (secondary N) is 1. The number of anilines is 1. The molecule has 0 spiro atoms. The number of carbonyl (C=O) groups is 1. The maximum atomic E-state index is 13.2. The Hall–Kier alpha value is -2.86. The van der Waals surface area contributed by atoms with Gasteiger partial charge in [0.05, 0.1) is 22.2 Å². The van der Waals surface area contributed by atoms with Crippen LogP contribution in [-0.2, 0) is 10.0 Å². The molecule has 1 N–H and O–H groups in total. The Morgan fingerprint density at radius 2 is 1.75 bits per heavy atom. The van der Waals surface area contributed by atoms with Crippen LogP contribution in [0.5, 0.6) is 0 Å². The quantitative estimate of drug-likeness (QED) is 0.653. The highest BCUT2D eigenvalue weighted by molar-refractivity contribution is 7.96. The van der Waals surface area contributed by atoms with Crippen LogP contribution in [0, 0.1) is 0 Å². The van der Waals surface area contributed by atoms with Gasteiger partial charge in [0.25, 0.3) is 15.9 Å². The molecule has 148 valence electrons. The molecule has 2 rings (SSSR count). The van der Waals surface area contributed by atoms with Crippen LogP contribution in [0.2, 0.25) is 0 Å². The minimum atomic E-state index is -3.84. The lowest BCUT2D eigenvalue weighted by molar-refractivity contribution is 0.0727. The Labute approximate surface area is 167 Å². The fourth-order valence-electron chi connectivity index (χ4n) is 2.98. The molecule has 5 nitrogen and oxygen atoms in total. The van der Waals surface area contributed by atoms with Gasteiger partial charge in [-0.3, -0.25) is 9.52 Å². The topological polar surface area (TPSA) is 66.5 Å². The van der Waals surface area contributed by atoms with Gasteiger partial charge in [-0.2, -0.15) is 0 Å². The normalized spacial score (nSPS) is 12.5. The molecule has 0 aliphatic rings. The van der Waals surface area contributed by atoms with E-state index >= 15 is 0 Å². The number of benzene rings is 2. The van der Waals surface area contributed by atoms with Gasteiger partial charge >= 0.3 is 0 Å². The van der Waals surface area contributed by atoms with Crippen molar-refractivity contribution in [1.82, 2.24) is 4.90 Å². The molecule has 0 saturated heterocycles. The molecule has 0 bridgehead atoms. The van der Waals surface area contributed by atoms with Crippen LogP contribution in [-0.4, -0.2) is 26.3 Å². The maximum Gasteiger partial charge on any atom is 0.261 e. The number of sulfonamides is 1. The monoisotopic (exact) mass is 398 g/mol. The smallest absolute Gasteiger partial charge is 0.261 e. The summed E-state index contributed by atoms with van der Waals surface area (Å²) in [7, 11) is -2.11. The number of hydrogen-bond acceptors (Lipinski definition) is 3. The zero-order valence-corrected chi connectivity index (χ0v) is 17.2. The average molecular weight is 399 g/mol. The lowest BCUT2D eigenvalue weighted by atomic mass is 10.0. The van der Waals surface area contributed by atoms with Gasteiger partial charge in [-0.05, 0) is 37.1 Å². The zero-order chi connectivity index (χ0) is 20.7. The van der Waals surface area contributed by atoms with Crippen LogP contribution in [0.25, 0.3) is 0 Å². The lowest BCUT2D eigenvalue weighted by Gasteiger charge is -2.28. The van der Waals surface area contributed by atoms with Crippen molar-refractivity contribution in [3.05, 3.63) is 89.4 Å². The van der Waals surface area contributed by atoms with Gasteiger partial charge in [-0.1, -0.05) is 62.0 Å². The Balaban J connectivity index is 2.35. The number of rotatable bonds is 8. The molecular weight excluding hydrogens is 372 g/mol. The first-order chi connectivity index (χ1) is 13.3. The third kappa shape index (κ3) is 4.89. The molecule has 28 heavy (non-hydrogen) atoms. The second kappa shape index (κ2) is 9.37. The Morgan fingerprint density at radius 1 is 1.14 bits per heavy atom. The van der Waals surface area contributed by atoms with Crippen molar-refractivity contribution in [2.45, 2.75) is 26.3 Å². The summed E-state index contributed by atoms with van der Waals surface area (Å²) in [6, 6.07) is 16.2. The Morgan fingerprint density at radius 3 is 2.36 bits per heavy atom. The Bertz CT molecular complexity index is 966. The first-order valence-corrected chi connectivity index (χ1v) is 10.6. The largest absolute Gasteiger partial charge is 0.335 e. The van der Waals surface area contributed by atoms with E-state index in [1.54, 1.807) is 49.2 Å². The predicted octanol–water partition coefficient (Wildman–Crippen LogP) is 4.74. The number of carbonyl (C=O) groups excluding carboxylic acids is 1. The molecule has 0 aliphatic carbocycles. The summed E-state index contributed by atoms with van der Waals surface area (Å²) in [5.74, 6) is -0.259. The van der Waals surface area contributed by atoms with Crippen molar-refractivity contribution in [2.75, 3.05) is 11.8 Å². The number of hydrogen-bond donors (Lipinski definition) is 1. The number of amides is 1. The SMILES string of the molecule is C=C(/C=C\C)S(=O)(=O)Nc1ccccc1C(=O)N(C)C(CC)c1ccccc1. The standard InChI is InChI=1S/C22H26N2O3S/c1-5-12-17(3)28(26,27)23-20-16-11-10-15-19(20)22(25)24(4)21(6-2)18-13-8-7-9-14-18/h5,7-16,21,23H,3,6H2,1-2,4H3/b12-5-. The lowest BCUT2D eigenvalue weighted by Crippen LogP contribution is -2.31.